The topological polar surface area (TPSA) is 151 Å². The van der Waals surface area contributed by atoms with Crippen molar-refractivity contribution >= 4 is 29.6 Å². The molecule has 1 aromatic carbocycles. The molecule has 0 unspecified atom stereocenters. The molecule has 0 bridgehead atoms. The lowest BCUT2D eigenvalue weighted by molar-refractivity contribution is -0.164. The first-order valence-corrected chi connectivity index (χ1v) is 17.3. The second-order valence-corrected chi connectivity index (χ2v) is 15.5. The molecule has 0 radical (unpaired) electrons. The van der Waals surface area contributed by atoms with E-state index in [0.717, 1.165) is 27.4 Å². The predicted octanol–water partition coefficient (Wildman–Crippen LogP) is 7.53. The predicted molar refractivity (Wildman–Crippen MR) is 177 cm³/mol. The molecule has 1 saturated heterocycles. The highest BCUT2D eigenvalue weighted by Crippen LogP contribution is 2.50. The number of nitrogens with zero attached hydrogens (tertiary/aromatic N) is 5. The molecule has 2 atom stereocenters. The highest BCUT2D eigenvalue weighted by Gasteiger charge is 2.65. The Hall–Kier alpha value is -4.28. The first-order valence-electron chi connectivity index (χ1n) is 17.0. The number of amides is 2. The summed E-state index contributed by atoms with van der Waals surface area (Å²) in [6.45, 7) is 7.09. The Morgan fingerprint density at radius 3 is 2.44 bits per heavy atom. The van der Waals surface area contributed by atoms with Crippen molar-refractivity contribution in [1.82, 2.24) is 35.5 Å². The number of hydrogen-bond acceptors (Lipinski definition) is 8. The van der Waals surface area contributed by atoms with Crippen LogP contribution in [0.1, 0.15) is 107 Å². The van der Waals surface area contributed by atoms with Crippen molar-refractivity contribution in [1.29, 1.82) is 5.41 Å². The van der Waals surface area contributed by atoms with Gasteiger partial charge in [-0.25, -0.2) is 23.2 Å². The maximum absolute atomic E-state index is 15.0. The monoisotopic (exact) mass is 754 g/mol. The number of alkyl carbamates (subject to hydrolysis) is 1. The van der Waals surface area contributed by atoms with Crippen LogP contribution in [0.2, 0.25) is 5.02 Å². The standard InChI is InChI=1S/C34H40ClF5N8O4/c1-18-13-25(52-46-18)19-5-8-21(9-6-19)33(16-31(2,3)4)28(49)47(29(41)44-33)24(15-51-30(50)45-32(11-12-32)34(38,39)40)20-7-10-22(35)23(14-20)48-27(26(36)37)42-17-43-48/h7,10,13-14,17,19,21,24,26H,5-6,8-9,11-12,15-16H2,1-4H3,(H2,41,44)(H,45,50)/t19?,21?,24-,33-/m1/s1. The molecular weight excluding hydrogens is 715 g/mol. The van der Waals surface area contributed by atoms with E-state index >= 15 is 0 Å². The van der Waals surface area contributed by atoms with Crippen molar-refractivity contribution < 1.29 is 40.8 Å². The van der Waals surface area contributed by atoms with Gasteiger partial charge < -0.3 is 19.9 Å². The molecule has 3 aromatic rings. The summed E-state index contributed by atoms with van der Waals surface area (Å²) in [4.78, 5) is 32.6. The third-order valence-corrected chi connectivity index (χ3v) is 10.5. The zero-order valence-electron chi connectivity index (χ0n) is 29.0. The van der Waals surface area contributed by atoms with Crippen molar-refractivity contribution in [3.8, 4) is 5.69 Å². The van der Waals surface area contributed by atoms with Crippen LogP contribution < -0.4 is 10.6 Å². The summed E-state index contributed by atoms with van der Waals surface area (Å²) in [5.74, 6) is -0.864. The van der Waals surface area contributed by atoms with E-state index in [1.807, 2.05) is 39.1 Å². The number of aryl methyl sites for hydroxylation is 1. The Bertz CT molecular complexity index is 1830. The van der Waals surface area contributed by atoms with E-state index in [-0.39, 0.29) is 46.9 Å². The molecule has 2 aromatic heterocycles. The number of carbonyl (C=O) groups is 2. The Morgan fingerprint density at radius 2 is 1.87 bits per heavy atom. The number of halogens is 6. The average molecular weight is 755 g/mol. The fourth-order valence-electron chi connectivity index (χ4n) is 7.56. The van der Waals surface area contributed by atoms with Crippen molar-refractivity contribution in [2.75, 3.05) is 6.61 Å². The van der Waals surface area contributed by atoms with Crippen LogP contribution in [0.5, 0.6) is 0 Å². The summed E-state index contributed by atoms with van der Waals surface area (Å²) >= 11 is 6.43. The van der Waals surface area contributed by atoms with Crippen LogP contribution in [0, 0.1) is 23.7 Å². The van der Waals surface area contributed by atoms with Gasteiger partial charge in [0.1, 0.15) is 29.8 Å². The fourth-order valence-corrected chi connectivity index (χ4v) is 7.75. The summed E-state index contributed by atoms with van der Waals surface area (Å²) in [7, 11) is 0. The summed E-state index contributed by atoms with van der Waals surface area (Å²) in [6.07, 6.45) is -5.85. The molecule has 0 spiro atoms. The highest BCUT2D eigenvalue weighted by molar-refractivity contribution is 6.32. The van der Waals surface area contributed by atoms with E-state index in [4.69, 9.17) is 26.3 Å². The smallest absolute Gasteiger partial charge is 0.411 e. The number of rotatable bonds is 10. The third-order valence-electron chi connectivity index (χ3n) is 10.1. The molecule has 1 aliphatic heterocycles. The lowest BCUT2D eigenvalue weighted by Crippen LogP contribution is -2.56. The lowest BCUT2D eigenvalue weighted by atomic mass is 9.66. The average Bonchev–Trinajstić information content (AvgIpc) is 3.36. The van der Waals surface area contributed by atoms with Gasteiger partial charge in [0.15, 0.2) is 11.8 Å². The zero-order valence-corrected chi connectivity index (χ0v) is 29.7. The summed E-state index contributed by atoms with van der Waals surface area (Å²) in [6, 6.07) is 4.79. The molecule has 18 heteroatoms. The van der Waals surface area contributed by atoms with Gasteiger partial charge in [-0.15, -0.1) is 0 Å². The van der Waals surface area contributed by atoms with Gasteiger partial charge in [-0.2, -0.15) is 18.3 Å². The number of aromatic nitrogens is 4. The molecule has 282 valence electrons. The maximum Gasteiger partial charge on any atom is 0.411 e. The first-order chi connectivity index (χ1) is 24.3. The van der Waals surface area contributed by atoms with E-state index in [1.165, 1.54) is 18.2 Å². The number of carbonyl (C=O) groups excluding carboxylic acids is 2. The number of nitrogens with one attached hydrogen (secondary N) is 3. The van der Waals surface area contributed by atoms with Gasteiger partial charge in [0.2, 0.25) is 0 Å². The molecule has 2 aliphatic carbocycles. The molecule has 3 N–H and O–H groups in total. The molecule has 3 fully saturated rings. The number of alkyl halides is 5. The summed E-state index contributed by atoms with van der Waals surface area (Å²) < 4.78 is 80.3. The molecule has 3 heterocycles. The number of benzene rings is 1. The van der Waals surface area contributed by atoms with Gasteiger partial charge in [-0.1, -0.05) is 43.6 Å². The Labute approximate surface area is 301 Å². The van der Waals surface area contributed by atoms with Crippen molar-refractivity contribution in [3.05, 3.63) is 58.5 Å². The van der Waals surface area contributed by atoms with Gasteiger partial charge in [-0.05, 0) is 80.9 Å². The van der Waals surface area contributed by atoms with E-state index < -0.39 is 59.6 Å². The van der Waals surface area contributed by atoms with Crippen molar-refractivity contribution in [2.45, 2.75) is 108 Å². The SMILES string of the molecule is Cc1cc(C2CCC([C@@]3(CC(C)(C)C)NC(=N)N([C@H](COC(=O)NC4(C(F)(F)F)CC4)c4ccc(Cl)c(-n5ncnc5C(F)F)c4)C3=O)CC2)on1. The minimum atomic E-state index is -4.70. The second kappa shape index (κ2) is 13.6. The van der Waals surface area contributed by atoms with Gasteiger partial charge in [0, 0.05) is 12.0 Å². The molecule has 2 saturated carbocycles. The molecule has 6 rings (SSSR count). The van der Waals surface area contributed by atoms with Crippen LogP contribution >= 0.6 is 11.6 Å². The van der Waals surface area contributed by atoms with E-state index in [1.54, 1.807) is 0 Å². The van der Waals surface area contributed by atoms with Crippen molar-refractivity contribution in [2.24, 2.45) is 11.3 Å². The molecule has 2 amide bonds. The Balaban J connectivity index is 1.35. The van der Waals surface area contributed by atoms with Gasteiger partial charge in [0.25, 0.3) is 12.3 Å². The number of guanidine groups is 1. The van der Waals surface area contributed by atoms with Crippen LogP contribution in [-0.4, -0.2) is 66.6 Å². The quantitative estimate of drug-likeness (QED) is 0.180. The van der Waals surface area contributed by atoms with Gasteiger partial charge in [0.05, 0.1) is 22.4 Å². The zero-order chi connectivity index (χ0) is 37.8. The highest BCUT2D eigenvalue weighted by atomic mass is 35.5. The normalized spacial score (nSPS) is 23.9. The van der Waals surface area contributed by atoms with Gasteiger partial charge >= 0.3 is 12.3 Å². The van der Waals surface area contributed by atoms with Crippen molar-refractivity contribution in [3.63, 3.8) is 0 Å². The number of ether oxygens (including phenoxy) is 1. The maximum atomic E-state index is 15.0. The van der Waals surface area contributed by atoms with E-state index in [0.29, 0.717) is 32.1 Å². The molecular formula is C34H40ClF5N8O4. The second-order valence-electron chi connectivity index (χ2n) is 15.1. The van der Waals surface area contributed by atoms with Gasteiger partial charge in [-0.3, -0.25) is 15.1 Å². The minimum absolute atomic E-state index is 0.00356. The summed E-state index contributed by atoms with van der Waals surface area (Å²) in [5.41, 5.74) is -3.17. The van der Waals surface area contributed by atoms with E-state index in [9.17, 15) is 31.5 Å². The van der Waals surface area contributed by atoms with Crippen LogP contribution in [-0.2, 0) is 9.53 Å². The third kappa shape index (κ3) is 7.20. The first kappa shape index (κ1) is 37.5. The lowest BCUT2D eigenvalue weighted by Gasteiger charge is -2.43. The largest absolute Gasteiger partial charge is 0.447 e. The fraction of sp³-hybridized carbons (Fsp3) is 0.588. The van der Waals surface area contributed by atoms with Crippen LogP contribution in [0.4, 0.5) is 26.7 Å². The van der Waals surface area contributed by atoms with Crippen LogP contribution in [0.3, 0.4) is 0 Å². The Morgan fingerprint density at radius 1 is 1.17 bits per heavy atom. The Kier molecular flexibility index (Phi) is 9.81. The minimum Gasteiger partial charge on any atom is -0.447 e. The van der Waals surface area contributed by atoms with Crippen LogP contribution in [0.25, 0.3) is 5.69 Å². The van der Waals surface area contributed by atoms with E-state index in [2.05, 4.69) is 20.6 Å². The van der Waals surface area contributed by atoms with Crippen LogP contribution in [0.15, 0.2) is 35.1 Å². The molecule has 3 aliphatic rings. The summed E-state index contributed by atoms with van der Waals surface area (Å²) in [5, 5.41) is 22.1. The number of hydrogen-bond donors (Lipinski definition) is 3. The molecule has 52 heavy (non-hydrogen) atoms. The molecule has 12 nitrogen and oxygen atoms in total.